The zero-order chi connectivity index (χ0) is 28.4. The summed E-state index contributed by atoms with van der Waals surface area (Å²) < 4.78 is 0. The Kier molecular flexibility index (Phi) is 11.4. The molecule has 39 heavy (non-hydrogen) atoms. The molecule has 0 fully saturated rings. The van der Waals surface area contributed by atoms with E-state index in [9.17, 15) is 4.79 Å². The molecule has 0 radical (unpaired) electrons. The van der Waals surface area contributed by atoms with Crippen LogP contribution in [0.3, 0.4) is 0 Å². The maximum Gasteiger partial charge on any atom is 0.226 e. The van der Waals surface area contributed by atoms with Crippen LogP contribution in [0, 0.1) is 6.92 Å². The number of hydrogen-bond donors (Lipinski definition) is 2. The number of carbonyl (C=O) groups excluding carboxylic acids is 1. The highest BCUT2D eigenvalue weighted by atomic mass is 32.1. The Bertz CT molecular complexity index is 1170. The summed E-state index contributed by atoms with van der Waals surface area (Å²) in [5, 5.41) is 6.57. The minimum Gasteiger partial charge on any atom is -0.378 e. The third-order valence-electron chi connectivity index (χ3n) is 7.01. The summed E-state index contributed by atoms with van der Waals surface area (Å²) in [7, 11) is 8.20. The highest BCUT2D eigenvalue weighted by molar-refractivity contribution is 7.80. The lowest BCUT2D eigenvalue weighted by Crippen LogP contribution is -2.34. The fraction of sp³-hybridized carbons (Fsp3) is 0.394. The van der Waals surface area contributed by atoms with Gasteiger partial charge in [-0.05, 0) is 72.6 Å². The van der Waals surface area contributed by atoms with Crippen molar-refractivity contribution in [1.82, 2.24) is 5.32 Å². The average Bonchev–Trinajstić information content (AvgIpc) is 2.90. The molecule has 0 aliphatic rings. The lowest BCUT2D eigenvalue weighted by molar-refractivity contribution is -0.119. The number of benzene rings is 3. The van der Waals surface area contributed by atoms with Crippen LogP contribution in [0.5, 0.6) is 0 Å². The van der Waals surface area contributed by atoms with Crippen molar-refractivity contribution < 1.29 is 4.79 Å². The summed E-state index contributed by atoms with van der Waals surface area (Å²) in [6.07, 6.45) is 6.04. The first kappa shape index (κ1) is 30.2. The largest absolute Gasteiger partial charge is 0.378 e. The van der Waals surface area contributed by atoms with Crippen LogP contribution in [0.4, 0.5) is 17.1 Å². The summed E-state index contributed by atoms with van der Waals surface area (Å²) in [6.45, 7) is 4.30. The summed E-state index contributed by atoms with van der Waals surface area (Å²) in [5.74, 6) is -0.0512. The smallest absolute Gasteiger partial charge is 0.226 e. The SMILES string of the molecule is CCCCCCCC(=O)NC(=S)Nc1ccc(C)cc1C(c1ccc(N(C)C)cc1)c1ccc(N(C)C)cc1. The first-order valence-electron chi connectivity index (χ1n) is 14.0. The molecule has 3 aromatic rings. The number of unbranched alkanes of at least 4 members (excludes halogenated alkanes) is 4. The second kappa shape index (κ2) is 14.7. The Morgan fingerprint density at radius 3 is 1.85 bits per heavy atom. The molecule has 6 heteroatoms. The molecule has 0 saturated heterocycles. The maximum absolute atomic E-state index is 12.5. The number of aryl methyl sites for hydroxylation is 1. The van der Waals surface area contributed by atoms with E-state index in [1.807, 2.05) is 0 Å². The highest BCUT2D eigenvalue weighted by Gasteiger charge is 2.21. The molecule has 0 unspecified atom stereocenters. The van der Waals surface area contributed by atoms with Gasteiger partial charge >= 0.3 is 0 Å². The quantitative estimate of drug-likeness (QED) is 0.141. The molecule has 3 aromatic carbocycles. The van der Waals surface area contributed by atoms with Crippen molar-refractivity contribution in [2.75, 3.05) is 43.3 Å². The third-order valence-corrected chi connectivity index (χ3v) is 7.22. The number of thiocarbonyl (C=S) groups is 1. The molecule has 0 bridgehead atoms. The van der Waals surface area contributed by atoms with Gasteiger partial charge in [0.15, 0.2) is 5.11 Å². The van der Waals surface area contributed by atoms with Gasteiger partial charge in [-0.1, -0.05) is 74.6 Å². The molecule has 2 N–H and O–H groups in total. The van der Waals surface area contributed by atoms with E-state index in [0.717, 1.165) is 41.0 Å². The first-order valence-corrected chi connectivity index (χ1v) is 14.4. The summed E-state index contributed by atoms with van der Waals surface area (Å²) in [5.41, 5.74) is 7.86. The Hall–Kier alpha value is -3.38. The molecule has 0 spiro atoms. The van der Waals surface area contributed by atoms with E-state index >= 15 is 0 Å². The van der Waals surface area contributed by atoms with E-state index in [1.54, 1.807) is 0 Å². The predicted molar refractivity (Wildman–Crippen MR) is 171 cm³/mol. The number of anilines is 3. The molecule has 0 aromatic heterocycles. The van der Waals surface area contributed by atoms with Crippen LogP contribution in [-0.4, -0.2) is 39.2 Å². The second-order valence-electron chi connectivity index (χ2n) is 10.7. The fourth-order valence-corrected chi connectivity index (χ4v) is 4.97. The topological polar surface area (TPSA) is 47.6 Å². The molecule has 0 heterocycles. The molecule has 1 amide bonds. The van der Waals surface area contributed by atoms with Gasteiger partial charge in [-0.25, -0.2) is 0 Å². The van der Waals surface area contributed by atoms with Crippen LogP contribution < -0.4 is 20.4 Å². The van der Waals surface area contributed by atoms with Crippen LogP contribution in [0.25, 0.3) is 0 Å². The van der Waals surface area contributed by atoms with Crippen molar-refractivity contribution >= 4 is 40.3 Å². The van der Waals surface area contributed by atoms with Crippen LogP contribution in [0.2, 0.25) is 0 Å². The lowest BCUT2D eigenvalue weighted by atomic mass is 9.83. The molecule has 0 atom stereocenters. The van der Waals surface area contributed by atoms with Gasteiger partial charge < -0.3 is 20.4 Å². The van der Waals surface area contributed by atoms with Crippen molar-refractivity contribution in [2.24, 2.45) is 0 Å². The minimum atomic E-state index is -0.0345. The zero-order valence-electron chi connectivity index (χ0n) is 24.4. The van der Waals surface area contributed by atoms with Crippen molar-refractivity contribution in [3.8, 4) is 0 Å². The number of amides is 1. The Morgan fingerprint density at radius 2 is 1.33 bits per heavy atom. The Labute approximate surface area is 240 Å². The number of nitrogens with one attached hydrogen (secondary N) is 2. The molecular weight excluding hydrogens is 500 g/mol. The molecule has 0 aliphatic carbocycles. The van der Waals surface area contributed by atoms with E-state index in [-0.39, 0.29) is 11.8 Å². The van der Waals surface area contributed by atoms with E-state index in [1.165, 1.54) is 30.4 Å². The highest BCUT2D eigenvalue weighted by Crippen LogP contribution is 2.38. The predicted octanol–water partition coefficient (Wildman–Crippen LogP) is 7.48. The van der Waals surface area contributed by atoms with Crippen LogP contribution in [0.1, 0.15) is 73.6 Å². The van der Waals surface area contributed by atoms with Gasteiger partial charge in [-0.3, -0.25) is 4.79 Å². The Morgan fingerprint density at radius 1 is 0.795 bits per heavy atom. The van der Waals surface area contributed by atoms with Crippen LogP contribution in [0.15, 0.2) is 66.7 Å². The van der Waals surface area contributed by atoms with Gasteiger partial charge in [0.25, 0.3) is 0 Å². The van der Waals surface area contributed by atoms with Crippen molar-refractivity contribution in [1.29, 1.82) is 0 Å². The average molecular weight is 545 g/mol. The van der Waals surface area contributed by atoms with Crippen molar-refractivity contribution in [3.05, 3.63) is 89.0 Å². The summed E-state index contributed by atoms with van der Waals surface area (Å²) in [6, 6.07) is 23.8. The van der Waals surface area contributed by atoms with Gasteiger partial charge in [0.2, 0.25) is 5.91 Å². The minimum absolute atomic E-state index is 0.0168. The molecule has 5 nitrogen and oxygen atoms in total. The number of carbonyl (C=O) groups is 1. The maximum atomic E-state index is 12.5. The molecule has 0 aliphatic heterocycles. The van der Waals surface area contributed by atoms with E-state index in [4.69, 9.17) is 12.2 Å². The lowest BCUT2D eigenvalue weighted by Gasteiger charge is -2.25. The zero-order valence-corrected chi connectivity index (χ0v) is 25.2. The van der Waals surface area contributed by atoms with E-state index in [0.29, 0.717) is 11.5 Å². The number of nitrogens with zero attached hydrogens (tertiary/aromatic N) is 2. The van der Waals surface area contributed by atoms with Gasteiger partial charge in [-0.15, -0.1) is 0 Å². The van der Waals surface area contributed by atoms with Crippen molar-refractivity contribution in [3.63, 3.8) is 0 Å². The molecule has 0 saturated carbocycles. The Balaban J connectivity index is 1.91. The first-order chi connectivity index (χ1) is 18.7. The monoisotopic (exact) mass is 544 g/mol. The summed E-state index contributed by atoms with van der Waals surface area (Å²) >= 11 is 5.58. The van der Waals surface area contributed by atoms with Gasteiger partial charge in [0.05, 0.1) is 0 Å². The van der Waals surface area contributed by atoms with E-state index < -0.39 is 0 Å². The van der Waals surface area contributed by atoms with Crippen molar-refractivity contribution in [2.45, 2.75) is 58.3 Å². The molecular formula is C33H44N4OS. The third kappa shape index (κ3) is 8.82. The van der Waals surface area contributed by atoms with Crippen LogP contribution >= 0.6 is 12.2 Å². The van der Waals surface area contributed by atoms with Gasteiger partial charge in [0.1, 0.15) is 0 Å². The number of hydrogen-bond acceptors (Lipinski definition) is 4. The molecule has 3 rings (SSSR count). The normalized spacial score (nSPS) is 10.8. The molecule has 208 valence electrons. The van der Waals surface area contributed by atoms with E-state index in [2.05, 4.69) is 129 Å². The summed E-state index contributed by atoms with van der Waals surface area (Å²) in [4.78, 5) is 16.7. The van der Waals surface area contributed by atoms with Gasteiger partial charge in [0, 0.05) is 57.6 Å². The standard InChI is InChI=1S/C33H44N4OS/c1-7-8-9-10-11-12-31(38)35-33(39)34-30-22-13-24(2)23-29(30)32(25-14-18-27(19-15-25)36(3)4)26-16-20-28(21-17-26)37(5)6/h13-23,32H,7-12H2,1-6H3,(H2,34,35,38,39). The van der Waals surface area contributed by atoms with Gasteiger partial charge in [-0.2, -0.15) is 0 Å². The second-order valence-corrected chi connectivity index (χ2v) is 11.1. The fourth-order valence-electron chi connectivity index (χ4n) is 4.75. The number of rotatable bonds is 12. The van der Waals surface area contributed by atoms with Crippen LogP contribution in [-0.2, 0) is 4.79 Å².